The van der Waals surface area contributed by atoms with Crippen molar-refractivity contribution in [2.75, 3.05) is 6.54 Å². The first-order chi connectivity index (χ1) is 9.00. The van der Waals surface area contributed by atoms with Gasteiger partial charge in [0.1, 0.15) is 0 Å². The molecule has 1 aliphatic heterocycles. The summed E-state index contributed by atoms with van der Waals surface area (Å²) in [6.45, 7) is 4.56. The SMILES string of the molecule is CCC1CCCCN1S(=O)(=O)c1cc(CCl)sc1C. The van der Waals surface area contributed by atoms with Crippen molar-refractivity contribution in [3.8, 4) is 0 Å². The van der Waals surface area contributed by atoms with Crippen LogP contribution in [0.5, 0.6) is 0 Å². The van der Waals surface area contributed by atoms with E-state index < -0.39 is 10.0 Å². The first kappa shape index (κ1) is 15.3. The van der Waals surface area contributed by atoms with Crippen LogP contribution in [0.4, 0.5) is 0 Å². The quantitative estimate of drug-likeness (QED) is 0.792. The zero-order valence-corrected chi connectivity index (χ0v) is 13.7. The lowest BCUT2D eigenvalue weighted by atomic mass is 10.0. The van der Waals surface area contributed by atoms with Crippen molar-refractivity contribution in [3.05, 3.63) is 15.8 Å². The van der Waals surface area contributed by atoms with Gasteiger partial charge in [-0.2, -0.15) is 4.31 Å². The van der Waals surface area contributed by atoms with Gasteiger partial charge in [-0.25, -0.2) is 8.42 Å². The van der Waals surface area contributed by atoms with E-state index in [9.17, 15) is 8.42 Å². The Balaban J connectivity index is 2.37. The Kier molecular flexibility index (Phi) is 4.93. The third-order valence-electron chi connectivity index (χ3n) is 3.69. The van der Waals surface area contributed by atoms with Crippen LogP contribution in [0.1, 0.15) is 42.4 Å². The fourth-order valence-electron chi connectivity index (χ4n) is 2.67. The van der Waals surface area contributed by atoms with Crippen LogP contribution >= 0.6 is 22.9 Å². The number of hydrogen-bond acceptors (Lipinski definition) is 3. The molecule has 0 radical (unpaired) electrons. The van der Waals surface area contributed by atoms with E-state index in [1.807, 2.05) is 6.92 Å². The predicted octanol–water partition coefficient (Wildman–Crippen LogP) is 3.75. The molecule has 0 amide bonds. The molecule has 1 aromatic heterocycles. The lowest BCUT2D eigenvalue weighted by Gasteiger charge is -2.34. The molecule has 1 fully saturated rings. The summed E-state index contributed by atoms with van der Waals surface area (Å²) in [5.41, 5.74) is 0. The normalized spacial score (nSPS) is 21.7. The molecule has 1 aliphatic rings. The largest absolute Gasteiger partial charge is 0.244 e. The van der Waals surface area contributed by atoms with Crippen LogP contribution in [0, 0.1) is 6.92 Å². The summed E-state index contributed by atoms with van der Waals surface area (Å²) < 4.78 is 27.3. The lowest BCUT2D eigenvalue weighted by Crippen LogP contribution is -2.43. The van der Waals surface area contributed by atoms with E-state index in [0.29, 0.717) is 17.3 Å². The Labute approximate surface area is 124 Å². The minimum atomic E-state index is -3.36. The van der Waals surface area contributed by atoms with Gasteiger partial charge in [-0.1, -0.05) is 13.3 Å². The molecule has 0 spiro atoms. The average molecular weight is 322 g/mol. The number of nitrogens with zero attached hydrogens (tertiary/aromatic N) is 1. The van der Waals surface area contributed by atoms with E-state index in [0.717, 1.165) is 35.4 Å². The standard InChI is InChI=1S/C13H20ClNO2S2/c1-3-11-6-4-5-7-15(11)19(16,17)13-8-12(9-14)18-10(13)2/h8,11H,3-7,9H2,1-2H3. The summed E-state index contributed by atoms with van der Waals surface area (Å²) in [5.74, 6) is 0.373. The van der Waals surface area contributed by atoms with Gasteiger partial charge in [-0.15, -0.1) is 22.9 Å². The van der Waals surface area contributed by atoms with Crippen molar-refractivity contribution in [2.45, 2.75) is 56.3 Å². The molecule has 19 heavy (non-hydrogen) atoms. The van der Waals surface area contributed by atoms with Gasteiger partial charge in [0.05, 0.1) is 10.8 Å². The van der Waals surface area contributed by atoms with E-state index >= 15 is 0 Å². The zero-order chi connectivity index (χ0) is 14.0. The fourth-order valence-corrected chi connectivity index (χ4v) is 6.13. The lowest BCUT2D eigenvalue weighted by molar-refractivity contribution is 0.246. The Bertz CT molecular complexity index is 539. The molecule has 0 N–H and O–H groups in total. The van der Waals surface area contributed by atoms with Crippen LogP contribution in [0.25, 0.3) is 0 Å². The summed E-state index contributed by atoms with van der Waals surface area (Å²) in [7, 11) is -3.36. The van der Waals surface area contributed by atoms with Gasteiger partial charge in [0, 0.05) is 22.3 Å². The maximum atomic E-state index is 12.8. The topological polar surface area (TPSA) is 37.4 Å². The summed E-state index contributed by atoms with van der Waals surface area (Å²) >= 11 is 7.28. The van der Waals surface area contributed by atoms with Gasteiger partial charge in [-0.05, 0) is 32.3 Å². The molecule has 108 valence electrons. The summed E-state index contributed by atoms with van der Waals surface area (Å²) in [6, 6.07) is 1.89. The summed E-state index contributed by atoms with van der Waals surface area (Å²) in [4.78, 5) is 2.22. The second-order valence-electron chi connectivity index (χ2n) is 4.94. The molecule has 2 heterocycles. The molecule has 1 aromatic rings. The molecule has 0 bridgehead atoms. The molecule has 0 aliphatic carbocycles. The van der Waals surface area contributed by atoms with E-state index in [-0.39, 0.29) is 6.04 Å². The average Bonchev–Trinajstić information content (AvgIpc) is 2.80. The number of alkyl halides is 1. The molecule has 3 nitrogen and oxygen atoms in total. The minimum Gasteiger partial charge on any atom is -0.207 e. The van der Waals surface area contributed by atoms with Crippen LogP contribution in [-0.4, -0.2) is 25.3 Å². The van der Waals surface area contributed by atoms with Crippen molar-refractivity contribution in [3.63, 3.8) is 0 Å². The highest BCUT2D eigenvalue weighted by Crippen LogP contribution is 2.32. The van der Waals surface area contributed by atoms with Crippen molar-refractivity contribution >= 4 is 33.0 Å². The maximum absolute atomic E-state index is 12.8. The minimum absolute atomic E-state index is 0.150. The van der Waals surface area contributed by atoms with Gasteiger partial charge >= 0.3 is 0 Å². The Morgan fingerprint density at radius 3 is 2.79 bits per heavy atom. The van der Waals surface area contributed by atoms with Crippen LogP contribution in [0.3, 0.4) is 0 Å². The number of rotatable bonds is 4. The third-order valence-corrected chi connectivity index (χ3v) is 7.39. The first-order valence-electron chi connectivity index (χ1n) is 6.67. The van der Waals surface area contributed by atoms with Gasteiger partial charge in [-0.3, -0.25) is 0 Å². The fraction of sp³-hybridized carbons (Fsp3) is 0.692. The van der Waals surface area contributed by atoms with Crippen molar-refractivity contribution in [1.82, 2.24) is 4.31 Å². The Hall–Kier alpha value is -0.100. The second kappa shape index (κ2) is 6.12. The Morgan fingerprint density at radius 2 is 2.21 bits per heavy atom. The number of thiophene rings is 1. The zero-order valence-electron chi connectivity index (χ0n) is 11.4. The van der Waals surface area contributed by atoms with Crippen molar-refractivity contribution < 1.29 is 8.42 Å². The van der Waals surface area contributed by atoms with Crippen molar-refractivity contribution in [1.29, 1.82) is 0 Å². The predicted molar refractivity (Wildman–Crippen MR) is 80.4 cm³/mol. The number of aryl methyl sites for hydroxylation is 1. The molecular weight excluding hydrogens is 302 g/mol. The number of hydrogen-bond donors (Lipinski definition) is 0. The van der Waals surface area contributed by atoms with Crippen molar-refractivity contribution in [2.24, 2.45) is 0 Å². The van der Waals surface area contributed by atoms with Gasteiger partial charge in [0.15, 0.2) is 0 Å². The number of halogens is 1. The van der Waals surface area contributed by atoms with Crippen LogP contribution < -0.4 is 0 Å². The molecule has 0 aromatic carbocycles. The van der Waals surface area contributed by atoms with E-state index in [1.165, 1.54) is 11.3 Å². The maximum Gasteiger partial charge on any atom is 0.244 e. The molecule has 1 unspecified atom stereocenters. The highest BCUT2D eigenvalue weighted by atomic mass is 35.5. The molecule has 2 rings (SSSR count). The molecule has 6 heteroatoms. The van der Waals surface area contributed by atoms with E-state index in [2.05, 4.69) is 6.92 Å². The molecule has 0 saturated carbocycles. The molecular formula is C13H20ClNO2S2. The number of piperidine rings is 1. The second-order valence-corrected chi connectivity index (χ2v) is 8.41. The van der Waals surface area contributed by atoms with Crippen LogP contribution in [0.15, 0.2) is 11.0 Å². The highest BCUT2D eigenvalue weighted by molar-refractivity contribution is 7.89. The van der Waals surface area contributed by atoms with Crippen LogP contribution in [-0.2, 0) is 15.9 Å². The first-order valence-corrected chi connectivity index (χ1v) is 9.47. The van der Waals surface area contributed by atoms with Gasteiger partial charge < -0.3 is 0 Å². The summed E-state index contributed by atoms with van der Waals surface area (Å²) in [5, 5.41) is 0. The van der Waals surface area contributed by atoms with E-state index in [4.69, 9.17) is 11.6 Å². The highest BCUT2D eigenvalue weighted by Gasteiger charge is 2.34. The molecule has 1 atom stereocenters. The summed E-state index contributed by atoms with van der Waals surface area (Å²) in [6.07, 6.45) is 3.94. The number of sulfonamides is 1. The van der Waals surface area contributed by atoms with Gasteiger partial charge in [0.2, 0.25) is 10.0 Å². The monoisotopic (exact) mass is 321 g/mol. The Morgan fingerprint density at radius 1 is 1.47 bits per heavy atom. The van der Waals surface area contributed by atoms with E-state index in [1.54, 1.807) is 10.4 Å². The van der Waals surface area contributed by atoms with Gasteiger partial charge in [0.25, 0.3) is 0 Å². The smallest absolute Gasteiger partial charge is 0.207 e. The third kappa shape index (κ3) is 2.99. The molecule has 1 saturated heterocycles. The van der Waals surface area contributed by atoms with Crippen LogP contribution in [0.2, 0.25) is 0 Å².